The quantitative estimate of drug-likeness (QED) is 0.808. The summed E-state index contributed by atoms with van der Waals surface area (Å²) in [7, 11) is 0. The molecule has 0 radical (unpaired) electrons. The van der Waals surface area contributed by atoms with E-state index in [1.807, 2.05) is 4.90 Å². The SMILES string of the molecule is NCCCOC1CCN(C(=O)Cc2coc3cc4c(cc23)CCC4)CC1. The van der Waals surface area contributed by atoms with Crippen LogP contribution < -0.4 is 5.73 Å². The zero-order chi connectivity index (χ0) is 17.9. The van der Waals surface area contributed by atoms with Gasteiger partial charge in [0, 0.05) is 30.6 Å². The molecule has 2 heterocycles. The minimum Gasteiger partial charge on any atom is -0.464 e. The Morgan fingerprint density at radius 1 is 1.23 bits per heavy atom. The van der Waals surface area contributed by atoms with Gasteiger partial charge in [-0.25, -0.2) is 0 Å². The highest BCUT2D eigenvalue weighted by Crippen LogP contribution is 2.31. The molecule has 0 atom stereocenters. The molecule has 1 aromatic carbocycles. The number of benzene rings is 1. The number of hydrogen-bond acceptors (Lipinski definition) is 4. The van der Waals surface area contributed by atoms with Crippen molar-refractivity contribution < 1.29 is 13.9 Å². The summed E-state index contributed by atoms with van der Waals surface area (Å²) in [4.78, 5) is 14.7. The summed E-state index contributed by atoms with van der Waals surface area (Å²) in [5.74, 6) is 0.189. The van der Waals surface area contributed by atoms with Gasteiger partial charge in [0.2, 0.25) is 5.91 Å². The lowest BCUT2D eigenvalue weighted by molar-refractivity contribution is -0.133. The number of carbonyl (C=O) groups excluding carboxylic acids is 1. The number of aryl methyl sites for hydroxylation is 2. The number of ether oxygens (including phenoxy) is 1. The van der Waals surface area contributed by atoms with Gasteiger partial charge in [-0.05, 0) is 68.3 Å². The standard InChI is InChI=1S/C21H28N2O3/c22-7-2-10-25-18-5-8-23(9-6-18)21(24)13-17-14-26-20-12-16-4-1-3-15(16)11-19(17)20/h11-12,14,18H,1-10,13,22H2. The van der Waals surface area contributed by atoms with Crippen LogP contribution in [0.5, 0.6) is 0 Å². The molecular weight excluding hydrogens is 328 g/mol. The smallest absolute Gasteiger partial charge is 0.227 e. The molecule has 1 aliphatic carbocycles. The van der Waals surface area contributed by atoms with Crippen LogP contribution in [0.25, 0.3) is 11.0 Å². The van der Waals surface area contributed by atoms with Crippen LogP contribution in [0.2, 0.25) is 0 Å². The minimum absolute atomic E-state index is 0.189. The lowest BCUT2D eigenvalue weighted by Gasteiger charge is -2.32. The van der Waals surface area contributed by atoms with E-state index in [1.165, 1.54) is 17.5 Å². The van der Waals surface area contributed by atoms with E-state index < -0.39 is 0 Å². The largest absolute Gasteiger partial charge is 0.464 e. The van der Waals surface area contributed by atoms with Crippen LogP contribution in [0, 0.1) is 0 Å². The van der Waals surface area contributed by atoms with Gasteiger partial charge in [-0.1, -0.05) is 0 Å². The van der Waals surface area contributed by atoms with E-state index in [9.17, 15) is 4.79 Å². The number of furan rings is 1. The Kier molecular flexibility index (Phi) is 5.27. The summed E-state index contributed by atoms with van der Waals surface area (Å²) in [5.41, 5.74) is 10.3. The van der Waals surface area contributed by atoms with Gasteiger partial charge < -0.3 is 19.8 Å². The molecule has 1 fully saturated rings. The van der Waals surface area contributed by atoms with Crippen molar-refractivity contribution in [2.75, 3.05) is 26.2 Å². The molecule has 4 rings (SSSR count). The molecule has 2 aromatic rings. The number of fused-ring (bicyclic) bond motifs is 2. The highest BCUT2D eigenvalue weighted by Gasteiger charge is 2.24. The van der Waals surface area contributed by atoms with Crippen molar-refractivity contribution in [1.29, 1.82) is 0 Å². The fourth-order valence-electron chi connectivity index (χ4n) is 4.16. The normalized spacial score (nSPS) is 17.8. The number of likely N-dealkylation sites (tertiary alicyclic amines) is 1. The molecule has 1 aromatic heterocycles. The maximum atomic E-state index is 12.7. The fraction of sp³-hybridized carbons (Fsp3) is 0.571. The Morgan fingerprint density at radius 2 is 2.00 bits per heavy atom. The first kappa shape index (κ1) is 17.6. The molecule has 0 spiro atoms. The van der Waals surface area contributed by atoms with E-state index in [-0.39, 0.29) is 12.0 Å². The molecule has 1 amide bonds. The number of nitrogens with two attached hydrogens (primary N) is 1. The summed E-state index contributed by atoms with van der Waals surface area (Å²) in [6, 6.07) is 4.40. The molecule has 5 nitrogen and oxygen atoms in total. The van der Waals surface area contributed by atoms with E-state index in [0.717, 1.165) is 68.3 Å². The Balaban J connectivity index is 1.36. The van der Waals surface area contributed by atoms with Crippen molar-refractivity contribution >= 4 is 16.9 Å². The molecule has 2 N–H and O–H groups in total. The van der Waals surface area contributed by atoms with Crippen LogP contribution in [0.3, 0.4) is 0 Å². The molecule has 26 heavy (non-hydrogen) atoms. The first-order valence-electron chi connectivity index (χ1n) is 9.86. The third kappa shape index (κ3) is 3.64. The molecule has 0 saturated carbocycles. The number of carbonyl (C=O) groups is 1. The Bertz CT molecular complexity index is 775. The summed E-state index contributed by atoms with van der Waals surface area (Å²) in [6.45, 7) is 2.94. The number of rotatable bonds is 6. The number of nitrogens with zero attached hydrogens (tertiary/aromatic N) is 1. The second-order valence-corrected chi connectivity index (χ2v) is 7.50. The lowest BCUT2D eigenvalue weighted by Crippen LogP contribution is -2.41. The van der Waals surface area contributed by atoms with E-state index in [1.54, 1.807) is 6.26 Å². The van der Waals surface area contributed by atoms with Crippen LogP contribution >= 0.6 is 0 Å². The van der Waals surface area contributed by atoms with Crippen molar-refractivity contribution in [2.24, 2.45) is 5.73 Å². The third-order valence-corrected chi connectivity index (χ3v) is 5.71. The first-order chi connectivity index (χ1) is 12.7. The van der Waals surface area contributed by atoms with Gasteiger partial charge in [-0.2, -0.15) is 0 Å². The first-order valence-corrected chi connectivity index (χ1v) is 9.86. The number of hydrogen-bond donors (Lipinski definition) is 1. The van der Waals surface area contributed by atoms with Crippen molar-refractivity contribution in [3.63, 3.8) is 0 Å². The van der Waals surface area contributed by atoms with Gasteiger partial charge in [0.15, 0.2) is 0 Å². The topological polar surface area (TPSA) is 68.7 Å². The molecular formula is C21H28N2O3. The second-order valence-electron chi connectivity index (χ2n) is 7.50. The molecule has 2 aliphatic rings. The van der Waals surface area contributed by atoms with Crippen LogP contribution in [-0.2, 0) is 28.8 Å². The van der Waals surface area contributed by atoms with Crippen LogP contribution in [-0.4, -0.2) is 43.2 Å². The molecule has 140 valence electrons. The summed E-state index contributed by atoms with van der Waals surface area (Å²) < 4.78 is 11.6. The number of piperidine rings is 1. The van der Waals surface area contributed by atoms with Crippen molar-refractivity contribution in [3.8, 4) is 0 Å². The monoisotopic (exact) mass is 356 g/mol. The van der Waals surface area contributed by atoms with Gasteiger partial charge in [0.05, 0.1) is 18.8 Å². The summed E-state index contributed by atoms with van der Waals surface area (Å²) >= 11 is 0. The van der Waals surface area contributed by atoms with Gasteiger partial charge >= 0.3 is 0 Å². The van der Waals surface area contributed by atoms with Crippen molar-refractivity contribution in [2.45, 2.75) is 51.0 Å². The molecule has 0 bridgehead atoms. The highest BCUT2D eigenvalue weighted by molar-refractivity contribution is 5.88. The predicted octanol–water partition coefficient (Wildman–Crippen LogP) is 2.82. The third-order valence-electron chi connectivity index (χ3n) is 5.71. The Morgan fingerprint density at radius 3 is 2.77 bits per heavy atom. The molecule has 0 unspecified atom stereocenters. The minimum atomic E-state index is 0.189. The predicted molar refractivity (Wildman–Crippen MR) is 101 cm³/mol. The zero-order valence-corrected chi connectivity index (χ0v) is 15.3. The average molecular weight is 356 g/mol. The molecule has 1 aliphatic heterocycles. The van der Waals surface area contributed by atoms with Gasteiger partial charge in [0.25, 0.3) is 0 Å². The maximum absolute atomic E-state index is 12.7. The van der Waals surface area contributed by atoms with E-state index >= 15 is 0 Å². The average Bonchev–Trinajstić information content (AvgIpc) is 3.27. The summed E-state index contributed by atoms with van der Waals surface area (Å²) in [5, 5.41) is 1.11. The van der Waals surface area contributed by atoms with Gasteiger partial charge in [-0.15, -0.1) is 0 Å². The van der Waals surface area contributed by atoms with Crippen molar-refractivity contribution in [1.82, 2.24) is 4.90 Å². The maximum Gasteiger partial charge on any atom is 0.227 e. The Labute approximate surface area is 154 Å². The van der Waals surface area contributed by atoms with Crippen LogP contribution in [0.4, 0.5) is 0 Å². The van der Waals surface area contributed by atoms with Gasteiger partial charge in [0.1, 0.15) is 5.58 Å². The van der Waals surface area contributed by atoms with Gasteiger partial charge in [-0.3, -0.25) is 4.79 Å². The number of amides is 1. The highest BCUT2D eigenvalue weighted by atomic mass is 16.5. The molecule has 5 heteroatoms. The Hall–Kier alpha value is -1.85. The molecule has 1 saturated heterocycles. The van der Waals surface area contributed by atoms with E-state index in [2.05, 4.69) is 12.1 Å². The van der Waals surface area contributed by atoms with Crippen molar-refractivity contribution in [3.05, 3.63) is 35.1 Å². The lowest BCUT2D eigenvalue weighted by atomic mass is 10.0. The summed E-state index contributed by atoms with van der Waals surface area (Å²) in [6.07, 6.45) is 8.68. The van der Waals surface area contributed by atoms with Crippen LogP contribution in [0.1, 0.15) is 42.4 Å². The zero-order valence-electron chi connectivity index (χ0n) is 15.3. The van der Waals surface area contributed by atoms with E-state index in [0.29, 0.717) is 13.0 Å². The second kappa shape index (κ2) is 7.80. The van der Waals surface area contributed by atoms with E-state index in [4.69, 9.17) is 14.9 Å². The fourth-order valence-corrected chi connectivity index (χ4v) is 4.16. The van der Waals surface area contributed by atoms with Crippen LogP contribution in [0.15, 0.2) is 22.8 Å².